The van der Waals surface area contributed by atoms with Crippen LogP contribution in [0.4, 0.5) is 22.0 Å². The minimum Gasteiger partial charge on any atom is -0.378 e. The first-order valence-corrected chi connectivity index (χ1v) is 14.1. The monoisotopic (exact) mass is 587 g/mol. The number of amides is 3. The maximum Gasteiger partial charge on any atom is 0.393 e. The van der Waals surface area contributed by atoms with E-state index in [1.54, 1.807) is 4.90 Å². The van der Waals surface area contributed by atoms with Crippen LogP contribution >= 0.6 is 0 Å². The highest BCUT2D eigenvalue weighted by Crippen LogP contribution is 2.46. The topological polar surface area (TPSA) is 115 Å². The summed E-state index contributed by atoms with van der Waals surface area (Å²) < 4.78 is 77.1. The van der Waals surface area contributed by atoms with Crippen LogP contribution in [0.2, 0.25) is 0 Å². The zero-order valence-corrected chi connectivity index (χ0v) is 22.4. The molecule has 2 N–H and O–H groups in total. The van der Waals surface area contributed by atoms with Gasteiger partial charge in [0.1, 0.15) is 12.3 Å². The Hall–Kier alpha value is -2.79. The third kappa shape index (κ3) is 6.21. The molecule has 0 radical (unpaired) electrons. The van der Waals surface area contributed by atoms with Gasteiger partial charge in [-0.1, -0.05) is 0 Å². The smallest absolute Gasteiger partial charge is 0.378 e. The van der Waals surface area contributed by atoms with Gasteiger partial charge >= 0.3 is 6.18 Å². The molecule has 4 fully saturated rings. The summed E-state index contributed by atoms with van der Waals surface area (Å²) in [5.74, 6) is -6.49. The average molecular weight is 588 g/mol. The van der Waals surface area contributed by atoms with Crippen molar-refractivity contribution in [2.75, 3.05) is 39.4 Å². The normalized spacial score (nSPS) is 38.3. The van der Waals surface area contributed by atoms with E-state index in [9.17, 15) is 41.6 Å². The lowest BCUT2D eigenvalue weighted by Gasteiger charge is -2.46. The van der Waals surface area contributed by atoms with E-state index in [0.29, 0.717) is 0 Å². The summed E-state index contributed by atoms with van der Waals surface area (Å²) in [6, 6.07) is -0.880. The fraction of sp³-hybridized carbons (Fsp3) is 0.778. The van der Waals surface area contributed by atoms with E-state index < -0.39 is 84.5 Å². The Labute approximate surface area is 234 Å². The molecule has 0 aromatic carbocycles. The predicted octanol–water partition coefficient (Wildman–Crippen LogP) is 1.64. The van der Waals surface area contributed by atoms with Crippen molar-refractivity contribution in [3.8, 4) is 6.07 Å². The van der Waals surface area contributed by atoms with Crippen molar-refractivity contribution >= 4 is 17.7 Å². The molecule has 5 rings (SSSR count). The van der Waals surface area contributed by atoms with Crippen LogP contribution in [0.5, 0.6) is 0 Å². The largest absolute Gasteiger partial charge is 0.393 e. The molecule has 41 heavy (non-hydrogen) atoms. The van der Waals surface area contributed by atoms with Crippen molar-refractivity contribution in [2.24, 2.45) is 23.7 Å². The zero-order valence-electron chi connectivity index (χ0n) is 22.4. The maximum absolute atomic E-state index is 14.5. The van der Waals surface area contributed by atoms with Gasteiger partial charge < -0.3 is 20.3 Å². The lowest BCUT2D eigenvalue weighted by atomic mass is 9.70. The molecule has 9 nitrogen and oxygen atoms in total. The van der Waals surface area contributed by atoms with Crippen LogP contribution in [0.15, 0.2) is 11.6 Å². The standard InChI is InChI=1S/C27H34F5N5O4/c28-15-9-17-18(11-22(38)35-23(17)21(29)10-15)25(39)34-16-1-2-37(13-16)24-19(26(40)36-3-5-41-6-4-36)7-14(12-33)8-20(24)27(30,31)32/h11,14-17,19-21,23-24H,1-10,13H2,(H,34,39)(H,35,38)/t14?,15?,16-,17?,19?,20?,21?,23?,24?/m1/s1. The highest BCUT2D eigenvalue weighted by atomic mass is 19.4. The number of nitriles is 1. The fourth-order valence-corrected chi connectivity index (χ4v) is 7.28. The molecule has 14 heteroatoms. The summed E-state index contributed by atoms with van der Waals surface area (Å²) in [6.07, 6.45) is -7.33. The van der Waals surface area contributed by atoms with Gasteiger partial charge in [0.25, 0.3) is 0 Å². The SMILES string of the molecule is N#CC1CC(C(=O)N2CCOCC2)C(N2CC[C@@H](NC(=O)C3=CC(=O)NC4C(F)CC(F)CC34)C2)C(C(F)(F)F)C1. The molecule has 8 unspecified atom stereocenters. The number of halogens is 5. The van der Waals surface area contributed by atoms with Gasteiger partial charge in [0.05, 0.1) is 37.2 Å². The lowest BCUT2D eigenvalue weighted by Crippen LogP contribution is -2.59. The molecule has 0 aromatic heterocycles. The summed E-state index contributed by atoms with van der Waals surface area (Å²) in [7, 11) is 0. The Morgan fingerprint density at radius 3 is 2.51 bits per heavy atom. The lowest BCUT2D eigenvalue weighted by molar-refractivity contribution is -0.209. The van der Waals surface area contributed by atoms with Crippen LogP contribution in [-0.2, 0) is 19.1 Å². The van der Waals surface area contributed by atoms with E-state index in [4.69, 9.17) is 4.74 Å². The number of alkyl halides is 5. The summed E-state index contributed by atoms with van der Waals surface area (Å²) in [4.78, 5) is 42.0. The third-order valence-corrected chi connectivity index (χ3v) is 9.19. The highest BCUT2D eigenvalue weighted by Gasteiger charge is 2.56. The molecule has 0 spiro atoms. The number of carbonyl (C=O) groups is 3. The molecule has 3 heterocycles. The number of carbonyl (C=O) groups excluding carboxylic acids is 3. The first kappa shape index (κ1) is 29.7. The number of likely N-dealkylation sites (tertiary alicyclic amines) is 1. The van der Waals surface area contributed by atoms with E-state index in [2.05, 4.69) is 10.6 Å². The van der Waals surface area contributed by atoms with Crippen LogP contribution in [-0.4, -0.2) is 104 Å². The van der Waals surface area contributed by atoms with Crippen molar-refractivity contribution < 1.29 is 41.1 Å². The Morgan fingerprint density at radius 2 is 1.83 bits per heavy atom. The molecule has 226 valence electrons. The molecule has 0 bridgehead atoms. The Morgan fingerprint density at radius 1 is 1.10 bits per heavy atom. The molecular formula is C27H34F5N5O4. The van der Waals surface area contributed by atoms with Crippen LogP contribution in [0.25, 0.3) is 0 Å². The van der Waals surface area contributed by atoms with Crippen molar-refractivity contribution in [3.63, 3.8) is 0 Å². The van der Waals surface area contributed by atoms with Gasteiger partial charge in [0.15, 0.2) is 0 Å². The third-order valence-electron chi connectivity index (χ3n) is 9.19. The predicted molar refractivity (Wildman–Crippen MR) is 133 cm³/mol. The van der Waals surface area contributed by atoms with Crippen molar-refractivity contribution in [1.29, 1.82) is 5.26 Å². The quantitative estimate of drug-likeness (QED) is 0.484. The summed E-state index contributed by atoms with van der Waals surface area (Å²) >= 11 is 0. The second-order valence-corrected chi connectivity index (χ2v) is 11.8. The van der Waals surface area contributed by atoms with Gasteiger partial charge in [0.2, 0.25) is 17.7 Å². The number of rotatable bonds is 4. The number of fused-ring (bicyclic) bond motifs is 1. The van der Waals surface area contributed by atoms with E-state index in [-0.39, 0.29) is 70.6 Å². The molecule has 9 atom stereocenters. The molecule has 0 aromatic rings. The first-order chi connectivity index (χ1) is 19.5. The number of nitrogens with zero attached hydrogens (tertiary/aromatic N) is 3. The molecule has 2 saturated heterocycles. The van der Waals surface area contributed by atoms with Crippen LogP contribution in [0, 0.1) is 35.0 Å². The van der Waals surface area contributed by atoms with E-state index >= 15 is 0 Å². The van der Waals surface area contributed by atoms with Crippen LogP contribution in [0.1, 0.15) is 32.1 Å². The van der Waals surface area contributed by atoms with Gasteiger partial charge in [-0.25, -0.2) is 8.78 Å². The highest BCUT2D eigenvalue weighted by molar-refractivity contribution is 6.03. The number of hydrogen-bond acceptors (Lipinski definition) is 6. The van der Waals surface area contributed by atoms with Gasteiger partial charge in [-0.15, -0.1) is 0 Å². The van der Waals surface area contributed by atoms with Gasteiger partial charge in [-0.2, -0.15) is 18.4 Å². The zero-order chi connectivity index (χ0) is 29.5. The van der Waals surface area contributed by atoms with Gasteiger partial charge in [-0.05, 0) is 25.7 Å². The molecule has 3 amide bonds. The Balaban J connectivity index is 1.33. The first-order valence-electron chi connectivity index (χ1n) is 14.1. The summed E-state index contributed by atoms with van der Waals surface area (Å²) in [5, 5.41) is 14.8. The van der Waals surface area contributed by atoms with E-state index in [0.717, 1.165) is 6.08 Å². The maximum atomic E-state index is 14.5. The van der Waals surface area contributed by atoms with E-state index in [1.807, 2.05) is 6.07 Å². The van der Waals surface area contributed by atoms with Gasteiger partial charge in [0, 0.05) is 68.2 Å². The Bertz CT molecular complexity index is 1110. The minimum atomic E-state index is -4.65. The second-order valence-electron chi connectivity index (χ2n) is 11.8. The van der Waals surface area contributed by atoms with Gasteiger partial charge in [-0.3, -0.25) is 19.3 Å². The van der Waals surface area contributed by atoms with Crippen molar-refractivity contribution in [1.82, 2.24) is 20.4 Å². The van der Waals surface area contributed by atoms with Crippen molar-refractivity contribution in [3.05, 3.63) is 11.6 Å². The second kappa shape index (κ2) is 11.8. The number of ether oxygens (including phenoxy) is 1. The number of nitrogens with one attached hydrogen (secondary N) is 2. The molecule has 2 saturated carbocycles. The molecule has 5 aliphatic rings. The molecule has 3 aliphatic heterocycles. The molecule has 2 aliphatic carbocycles. The van der Waals surface area contributed by atoms with Crippen molar-refractivity contribution in [2.45, 2.75) is 68.7 Å². The Kier molecular flexibility index (Phi) is 8.57. The van der Waals surface area contributed by atoms with E-state index in [1.165, 1.54) is 4.90 Å². The average Bonchev–Trinajstić information content (AvgIpc) is 3.39. The van der Waals surface area contributed by atoms with Crippen LogP contribution < -0.4 is 10.6 Å². The fourth-order valence-electron chi connectivity index (χ4n) is 7.28. The number of morpholine rings is 1. The minimum absolute atomic E-state index is 0.0112. The molecular weight excluding hydrogens is 553 g/mol. The summed E-state index contributed by atoms with van der Waals surface area (Å²) in [5.41, 5.74) is -0.0368. The van der Waals surface area contributed by atoms with Crippen LogP contribution in [0.3, 0.4) is 0 Å². The summed E-state index contributed by atoms with van der Waals surface area (Å²) in [6.45, 7) is 1.30. The number of hydrogen-bond donors (Lipinski definition) is 2.